The second-order valence-corrected chi connectivity index (χ2v) is 4.85. The average molecular weight is 276 g/mol. The van der Waals surface area contributed by atoms with Crippen LogP contribution in [0.2, 0.25) is 0 Å². The zero-order valence-electron chi connectivity index (χ0n) is 9.68. The van der Waals surface area contributed by atoms with Gasteiger partial charge in [0.15, 0.2) is 5.69 Å². The highest BCUT2D eigenvalue weighted by Gasteiger charge is 2.14. The number of rotatable bonds is 3. The van der Waals surface area contributed by atoms with E-state index in [1.54, 1.807) is 12.3 Å². The molecule has 1 amide bonds. The number of nitrogens with one attached hydrogen (secondary N) is 2. The maximum Gasteiger partial charge on any atom is 0.272 e. The monoisotopic (exact) mass is 276 g/mol. The van der Waals surface area contributed by atoms with Gasteiger partial charge in [-0.3, -0.25) is 9.89 Å². The van der Waals surface area contributed by atoms with Gasteiger partial charge < -0.3 is 5.32 Å². The van der Waals surface area contributed by atoms with Gasteiger partial charge in [0.2, 0.25) is 0 Å². The van der Waals surface area contributed by atoms with Crippen molar-refractivity contribution < 1.29 is 9.18 Å². The van der Waals surface area contributed by atoms with Crippen molar-refractivity contribution in [1.29, 1.82) is 0 Å². The highest BCUT2D eigenvalue weighted by molar-refractivity contribution is 7.09. The molecule has 0 aliphatic carbocycles. The maximum atomic E-state index is 13.2. The van der Waals surface area contributed by atoms with Crippen LogP contribution in [0.4, 0.5) is 4.39 Å². The highest BCUT2D eigenvalue weighted by Crippen LogP contribution is 2.17. The first-order valence-corrected chi connectivity index (χ1v) is 6.42. The Balaban J connectivity index is 1.83. The first kappa shape index (κ1) is 11.8. The van der Waals surface area contributed by atoms with Gasteiger partial charge in [-0.15, -0.1) is 11.3 Å². The van der Waals surface area contributed by atoms with Crippen LogP contribution >= 0.6 is 11.3 Å². The number of aromatic nitrogens is 3. The van der Waals surface area contributed by atoms with E-state index in [1.165, 1.54) is 23.5 Å². The molecule has 0 bridgehead atoms. The van der Waals surface area contributed by atoms with Crippen LogP contribution < -0.4 is 5.32 Å². The number of amides is 1. The molecule has 0 atom stereocenters. The molecule has 0 aliphatic rings. The molecule has 0 radical (unpaired) electrons. The standard InChI is InChI=1S/C12H9FN4OS/c13-7-1-2-9-8(5-7)11(17-16-9)12(18)15-6-10-14-3-4-19-10/h1-5H,6H2,(H,15,18)(H,16,17). The molecule has 3 aromatic rings. The van der Waals surface area contributed by atoms with Crippen LogP contribution in [0.5, 0.6) is 0 Å². The van der Waals surface area contributed by atoms with Crippen LogP contribution in [0.3, 0.4) is 0 Å². The number of halogens is 1. The number of carbonyl (C=O) groups is 1. The van der Waals surface area contributed by atoms with Crippen molar-refractivity contribution in [2.75, 3.05) is 0 Å². The van der Waals surface area contributed by atoms with Crippen molar-refractivity contribution >= 4 is 28.1 Å². The normalized spacial score (nSPS) is 10.8. The van der Waals surface area contributed by atoms with E-state index in [9.17, 15) is 9.18 Å². The summed E-state index contributed by atoms with van der Waals surface area (Å²) in [7, 11) is 0. The Labute approximate surface area is 111 Å². The van der Waals surface area contributed by atoms with Crippen molar-refractivity contribution in [3.8, 4) is 0 Å². The number of aromatic amines is 1. The first-order valence-electron chi connectivity index (χ1n) is 5.54. The summed E-state index contributed by atoms with van der Waals surface area (Å²) in [6.07, 6.45) is 1.67. The Morgan fingerprint density at radius 1 is 1.47 bits per heavy atom. The molecule has 2 N–H and O–H groups in total. The fraction of sp³-hybridized carbons (Fsp3) is 0.0833. The van der Waals surface area contributed by atoms with E-state index in [4.69, 9.17) is 0 Å². The molecule has 2 heterocycles. The number of carbonyl (C=O) groups excluding carboxylic acids is 1. The predicted molar refractivity (Wildman–Crippen MR) is 69.3 cm³/mol. The number of thiazole rings is 1. The van der Waals surface area contributed by atoms with Crippen LogP contribution in [-0.4, -0.2) is 21.1 Å². The summed E-state index contributed by atoms with van der Waals surface area (Å²) >= 11 is 1.45. The molecule has 7 heteroatoms. The van der Waals surface area contributed by atoms with Gasteiger partial charge >= 0.3 is 0 Å². The number of benzene rings is 1. The van der Waals surface area contributed by atoms with Crippen LogP contribution in [0, 0.1) is 5.82 Å². The number of hydrogen-bond acceptors (Lipinski definition) is 4. The molecule has 96 valence electrons. The quantitative estimate of drug-likeness (QED) is 0.769. The number of hydrogen-bond donors (Lipinski definition) is 2. The third kappa shape index (κ3) is 2.32. The molecule has 5 nitrogen and oxygen atoms in total. The molecular weight excluding hydrogens is 267 g/mol. The Morgan fingerprint density at radius 2 is 2.37 bits per heavy atom. The maximum absolute atomic E-state index is 13.2. The molecule has 0 unspecified atom stereocenters. The van der Waals surface area contributed by atoms with Gasteiger partial charge in [0, 0.05) is 17.0 Å². The molecule has 1 aromatic carbocycles. The van der Waals surface area contributed by atoms with E-state index >= 15 is 0 Å². The van der Waals surface area contributed by atoms with Crippen molar-refractivity contribution in [3.05, 3.63) is 46.3 Å². The minimum Gasteiger partial charge on any atom is -0.344 e. The summed E-state index contributed by atoms with van der Waals surface area (Å²) in [6, 6.07) is 4.16. The van der Waals surface area contributed by atoms with Crippen LogP contribution in [0.15, 0.2) is 29.8 Å². The molecule has 0 saturated heterocycles. The number of fused-ring (bicyclic) bond motifs is 1. The fourth-order valence-corrected chi connectivity index (χ4v) is 2.30. The molecule has 2 aromatic heterocycles. The summed E-state index contributed by atoms with van der Waals surface area (Å²) in [5, 5.41) is 12.4. The summed E-state index contributed by atoms with van der Waals surface area (Å²) in [4.78, 5) is 16.0. The second-order valence-electron chi connectivity index (χ2n) is 3.87. The van der Waals surface area contributed by atoms with E-state index in [0.29, 0.717) is 17.4 Å². The van der Waals surface area contributed by atoms with E-state index in [0.717, 1.165) is 5.01 Å². The minimum atomic E-state index is -0.400. The third-order valence-electron chi connectivity index (χ3n) is 2.62. The van der Waals surface area contributed by atoms with E-state index < -0.39 is 5.82 Å². The zero-order chi connectivity index (χ0) is 13.2. The van der Waals surface area contributed by atoms with E-state index in [1.807, 2.05) is 5.38 Å². The predicted octanol–water partition coefficient (Wildman–Crippen LogP) is 2.09. The van der Waals surface area contributed by atoms with Gasteiger partial charge in [-0.1, -0.05) is 0 Å². The zero-order valence-corrected chi connectivity index (χ0v) is 10.5. The smallest absolute Gasteiger partial charge is 0.272 e. The summed E-state index contributed by atoms with van der Waals surface area (Å²) in [5.74, 6) is -0.755. The van der Waals surface area contributed by atoms with Crippen molar-refractivity contribution in [2.24, 2.45) is 0 Å². The van der Waals surface area contributed by atoms with Gasteiger partial charge in [-0.25, -0.2) is 9.37 Å². The Morgan fingerprint density at radius 3 is 3.16 bits per heavy atom. The van der Waals surface area contributed by atoms with Gasteiger partial charge in [0.1, 0.15) is 10.8 Å². The lowest BCUT2D eigenvalue weighted by Gasteiger charge is -2.00. The Kier molecular flexibility index (Phi) is 2.96. The van der Waals surface area contributed by atoms with Crippen LogP contribution in [0.25, 0.3) is 10.9 Å². The molecule has 3 rings (SSSR count). The van der Waals surface area contributed by atoms with E-state index in [-0.39, 0.29) is 11.6 Å². The van der Waals surface area contributed by atoms with Gasteiger partial charge in [-0.05, 0) is 18.2 Å². The molecule has 0 spiro atoms. The average Bonchev–Trinajstić information content (AvgIpc) is 3.04. The summed E-state index contributed by atoms with van der Waals surface area (Å²) in [5.41, 5.74) is 0.812. The highest BCUT2D eigenvalue weighted by atomic mass is 32.1. The topological polar surface area (TPSA) is 70.7 Å². The van der Waals surface area contributed by atoms with Crippen molar-refractivity contribution in [3.63, 3.8) is 0 Å². The SMILES string of the molecule is O=C(NCc1nccs1)c1n[nH]c2ccc(F)cc12. The molecular formula is C12H9FN4OS. The molecule has 19 heavy (non-hydrogen) atoms. The van der Waals surface area contributed by atoms with Crippen molar-refractivity contribution in [2.45, 2.75) is 6.54 Å². The first-order chi connectivity index (χ1) is 9.24. The van der Waals surface area contributed by atoms with Gasteiger partial charge in [-0.2, -0.15) is 5.10 Å². The summed E-state index contributed by atoms with van der Waals surface area (Å²) < 4.78 is 13.2. The number of nitrogens with zero attached hydrogens (tertiary/aromatic N) is 2. The van der Waals surface area contributed by atoms with Crippen LogP contribution in [-0.2, 0) is 6.54 Å². The van der Waals surface area contributed by atoms with E-state index in [2.05, 4.69) is 20.5 Å². The number of H-pyrrole nitrogens is 1. The third-order valence-corrected chi connectivity index (χ3v) is 3.40. The minimum absolute atomic E-state index is 0.186. The van der Waals surface area contributed by atoms with Gasteiger partial charge in [0.25, 0.3) is 5.91 Å². The van der Waals surface area contributed by atoms with Crippen molar-refractivity contribution in [1.82, 2.24) is 20.5 Å². The molecule has 0 fully saturated rings. The lowest BCUT2D eigenvalue weighted by atomic mass is 10.2. The second kappa shape index (κ2) is 4.77. The molecule has 0 saturated carbocycles. The lowest BCUT2D eigenvalue weighted by Crippen LogP contribution is -2.23. The largest absolute Gasteiger partial charge is 0.344 e. The van der Waals surface area contributed by atoms with Gasteiger partial charge in [0.05, 0.1) is 12.1 Å². The molecule has 0 aliphatic heterocycles. The lowest BCUT2D eigenvalue weighted by molar-refractivity contribution is 0.0947. The van der Waals surface area contributed by atoms with Crippen LogP contribution in [0.1, 0.15) is 15.5 Å². The fourth-order valence-electron chi connectivity index (χ4n) is 1.74. The Hall–Kier alpha value is -2.28. The summed E-state index contributed by atoms with van der Waals surface area (Å²) in [6.45, 7) is 0.334. The Bertz CT molecular complexity index is 722.